The standard InChI is InChI=1S/C26H33N3O2/c1-18(2)27-25(31)23-16-29(15-20-9-5-4-6-10-20)17-26(23)14-13-21-11-7-8-12-22(21)24(26)28-19(3)30/h4-12,18,23-24H,13-17H2,1-3H3,(H,27,31)(H,28,30)/t23-,24-,26+/m1/s1. The highest BCUT2D eigenvalue weighted by Gasteiger charge is 2.56. The second-order valence-corrected chi connectivity index (χ2v) is 9.44. The number of benzene rings is 2. The molecule has 4 rings (SSSR count). The van der Waals surface area contributed by atoms with Crippen molar-refractivity contribution in [2.45, 2.75) is 52.2 Å². The van der Waals surface area contributed by atoms with Crippen molar-refractivity contribution in [1.29, 1.82) is 0 Å². The fraction of sp³-hybridized carbons (Fsp3) is 0.462. The normalized spacial score (nSPS) is 25.4. The van der Waals surface area contributed by atoms with Gasteiger partial charge in [0.15, 0.2) is 0 Å². The first-order chi connectivity index (χ1) is 14.9. The molecule has 1 aliphatic carbocycles. The van der Waals surface area contributed by atoms with E-state index in [1.807, 2.05) is 26.0 Å². The second kappa shape index (κ2) is 8.83. The maximum atomic E-state index is 13.4. The summed E-state index contributed by atoms with van der Waals surface area (Å²) >= 11 is 0. The molecule has 0 unspecified atom stereocenters. The van der Waals surface area contributed by atoms with Crippen molar-refractivity contribution in [1.82, 2.24) is 15.5 Å². The maximum Gasteiger partial charge on any atom is 0.225 e. The smallest absolute Gasteiger partial charge is 0.225 e. The summed E-state index contributed by atoms with van der Waals surface area (Å²) in [7, 11) is 0. The Bertz CT molecular complexity index is 943. The summed E-state index contributed by atoms with van der Waals surface area (Å²) in [6.07, 6.45) is 1.81. The van der Waals surface area contributed by atoms with E-state index < -0.39 is 0 Å². The highest BCUT2D eigenvalue weighted by molar-refractivity contribution is 5.81. The molecule has 164 valence electrons. The highest BCUT2D eigenvalue weighted by atomic mass is 16.2. The van der Waals surface area contributed by atoms with Gasteiger partial charge in [0.1, 0.15) is 0 Å². The van der Waals surface area contributed by atoms with E-state index in [0.29, 0.717) is 6.54 Å². The molecule has 0 bridgehead atoms. The van der Waals surface area contributed by atoms with Crippen LogP contribution >= 0.6 is 0 Å². The summed E-state index contributed by atoms with van der Waals surface area (Å²) in [5.74, 6) is -0.130. The van der Waals surface area contributed by atoms with Gasteiger partial charge in [0.25, 0.3) is 0 Å². The van der Waals surface area contributed by atoms with Crippen LogP contribution in [0.4, 0.5) is 0 Å². The number of fused-ring (bicyclic) bond motifs is 1. The van der Waals surface area contributed by atoms with Crippen LogP contribution in [0, 0.1) is 11.3 Å². The lowest BCUT2D eigenvalue weighted by Crippen LogP contribution is -2.52. The van der Waals surface area contributed by atoms with E-state index in [9.17, 15) is 9.59 Å². The molecule has 5 nitrogen and oxygen atoms in total. The van der Waals surface area contributed by atoms with Gasteiger partial charge >= 0.3 is 0 Å². The van der Waals surface area contributed by atoms with E-state index in [0.717, 1.165) is 31.5 Å². The van der Waals surface area contributed by atoms with E-state index in [1.54, 1.807) is 6.92 Å². The molecule has 2 aromatic carbocycles. The predicted octanol–water partition coefficient (Wildman–Crippen LogP) is 3.45. The van der Waals surface area contributed by atoms with Gasteiger partial charge in [0, 0.05) is 38.0 Å². The number of aryl methyl sites for hydroxylation is 1. The molecule has 0 radical (unpaired) electrons. The first kappa shape index (κ1) is 21.6. The Hall–Kier alpha value is -2.66. The van der Waals surface area contributed by atoms with E-state index in [4.69, 9.17) is 0 Å². The third-order valence-corrected chi connectivity index (χ3v) is 6.80. The van der Waals surface area contributed by atoms with Crippen LogP contribution in [0.5, 0.6) is 0 Å². The van der Waals surface area contributed by atoms with Crippen LogP contribution in [0.25, 0.3) is 0 Å². The van der Waals surface area contributed by atoms with Crippen LogP contribution in [0.1, 0.15) is 49.9 Å². The van der Waals surface area contributed by atoms with Crippen LogP contribution in [0.3, 0.4) is 0 Å². The van der Waals surface area contributed by atoms with Crippen molar-refractivity contribution < 1.29 is 9.59 Å². The minimum absolute atomic E-state index is 0.0504. The zero-order valence-corrected chi connectivity index (χ0v) is 18.7. The van der Waals surface area contributed by atoms with Crippen LogP contribution in [-0.4, -0.2) is 35.8 Å². The zero-order chi connectivity index (χ0) is 22.0. The summed E-state index contributed by atoms with van der Waals surface area (Å²) in [5, 5.41) is 6.41. The van der Waals surface area contributed by atoms with Gasteiger partial charge in [-0.2, -0.15) is 0 Å². The monoisotopic (exact) mass is 419 g/mol. The number of hydrogen-bond acceptors (Lipinski definition) is 3. The molecule has 1 aliphatic heterocycles. The second-order valence-electron chi connectivity index (χ2n) is 9.44. The number of nitrogens with zero attached hydrogens (tertiary/aromatic N) is 1. The Morgan fingerprint density at radius 1 is 1.10 bits per heavy atom. The Morgan fingerprint density at radius 2 is 1.81 bits per heavy atom. The van der Waals surface area contributed by atoms with Gasteiger partial charge in [-0.05, 0) is 43.4 Å². The molecule has 3 atom stereocenters. The first-order valence-corrected chi connectivity index (χ1v) is 11.3. The number of carbonyl (C=O) groups excluding carboxylic acids is 2. The van der Waals surface area contributed by atoms with Crippen molar-refractivity contribution >= 4 is 11.8 Å². The Labute approximate surface area is 185 Å². The minimum atomic E-state index is -0.326. The first-order valence-electron chi connectivity index (χ1n) is 11.3. The fourth-order valence-corrected chi connectivity index (χ4v) is 5.56. The van der Waals surface area contributed by atoms with Gasteiger partial charge in [0.2, 0.25) is 11.8 Å². The average molecular weight is 420 g/mol. The molecule has 5 heteroatoms. The number of likely N-dealkylation sites (tertiary alicyclic amines) is 1. The van der Waals surface area contributed by atoms with Crippen molar-refractivity contribution in [3.05, 3.63) is 71.3 Å². The molecule has 1 saturated heterocycles. The summed E-state index contributed by atoms with van der Waals surface area (Å²) in [6.45, 7) is 7.88. The molecule has 1 heterocycles. The maximum absolute atomic E-state index is 13.4. The van der Waals surface area contributed by atoms with Gasteiger partial charge in [0.05, 0.1) is 12.0 Å². The summed E-state index contributed by atoms with van der Waals surface area (Å²) in [6, 6.07) is 18.7. The Balaban J connectivity index is 1.73. The van der Waals surface area contributed by atoms with E-state index in [1.165, 1.54) is 11.1 Å². The number of amides is 2. The van der Waals surface area contributed by atoms with Crippen molar-refractivity contribution in [2.24, 2.45) is 11.3 Å². The predicted molar refractivity (Wildman–Crippen MR) is 122 cm³/mol. The summed E-state index contributed by atoms with van der Waals surface area (Å²) in [5.41, 5.74) is 3.35. The molecule has 31 heavy (non-hydrogen) atoms. The Morgan fingerprint density at radius 3 is 2.52 bits per heavy atom. The average Bonchev–Trinajstić information content (AvgIpc) is 3.09. The number of carbonyl (C=O) groups is 2. The third-order valence-electron chi connectivity index (χ3n) is 6.80. The van der Waals surface area contributed by atoms with Crippen molar-refractivity contribution in [3.8, 4) is 0 Å². The number of nitrogens with one attached hydrogen (secondary N) is 2. The van der Waals surface area contributed by atoms with Gasteiger partial charge in [-0.1, -0.05) is 54.6 Å². The molecule has 1 fully saturated rings. The molecule has 2 aromatic rings. The topological polar surface area (TPSA) is 61.4 Å². The molecular weight excluding hydrogens is 386 g/mol. The van der Waals surface area contributed by atoms with Gasteiger partial charge in [-0.25, -0.2) is 0 Å². The van der Waals surface area contributed by atoms with E-state index in [2.05, 4.69) is 58.0 Å². The minimum Gasteiger partial charge on any atom is -0.354 e. The van der Waals surface area contributed by atoms with E-state index in [-0.39, 0.29) is 35.2 Å². The highest BCUT2D eigenvalue weighted by Crippen LogP contribution is 2.53. The van der Waals surface area contributed by atoms with Crippen LogP contribution in [0.15, 0.2) is 54.6 Å². The molecule has 1 spiro atoms. The van der Waals surface area contributed by atoms with Crippen molar-refractivity contribution in [2.75, 3.05) is 13.1 Å². The van der Waals surface area contributed by atoms with E-state index >= 15 is 0 Å². The molecular formula is C26H33N3O2. The van der Waals surface area contributed by atoms with Crippen LogP contribution in [0.2, 0.25) is 0 Å². The quantitative estimate of drug-likeness (QED) is 0.780. The lowest BCUT2D eigenvalue weighted by molar-refractivity contribution is -0.131. The van der Waals surface area contributed by atoms with Gasteiger partial charge in [-0.15, -0.1) is 0 Å². The SMILES string of the molecule is CC(=O)N[C@@H]1c2ccccc2CC[C@@]12CN(Cc1ccccc1)C[C@@H]2C(=O)NC(C)C. The molecule has 0 saturated carbocycles. The zero-order valence-electron chi connectivity index (χ0n) is 18.7. The van der Waals surface area contributed by atoms with Crippen LogP contribution < -0.4 is 10.6 Å². The summed E-state index contributed by atoms with van der Waals surface area (Å²) < 4.78 is 0. The Kier molecular flexibility index (Phi) is 6.15. The lowest BCUT2D eigenvalue weighted by Gasteiger charge is -2.46. The largest absolute Gasteiger partial charge is 0.354 e. The summed E-state index contributed by atoms with van der Waals surface area (Å²) in [4.78, 5) is 28.1. The lowest BCUT2D eigenvalue weighted by atomic mass is 9.62. The third kappa shape index (κ3) is 4.38. The molecule has 2 N–H and O–H groups in total. The number of rotatable bonds is 5. The molecule has 2 amide bonds. The fourth-order valence-electron chi connectivity index (χ4n) is 5.56. The van der Waals surface area contributed by atoms with Gasteiger partial charge in [-0.3, -0.25) is 14.5 Å². The van der Waals surface area contributed by atoms with Crippen LogP contribution in [-0.2, 0) is 22.6 Å². The molecule has 2 aliphatic rings. The van der Waals surface area contributed by atoms with Gasteiger partial charge < -0.3 is 10.6 Å². The van der Waals surface area contributed by atoms with Crippen molar-refractivity contribution in [3.63, 3.8) is 0 Å². The number of hydrogen-bond donors (Lipinski definition) is 2. The molecule has 0 aromatic heterocycles.